The van der Waals surface area contributed by atoms with Crippen LogP contribution in [-0.2, 0) is 25.5 Å². The van der Waals surface area contributed by atoms with E-state index >= 15 is 0 Å². The van der Waals surface area contributed by atoms with Crippen LogP contribution in [0.2, 0.25) is 0 Å². The molecule has 1 saturated heterocycles. The van der Waals surface area contributed by atoms with Gasteiger partial charge in [-0.1, -0.05) is 12.1 Å². The van der Waals surface area contributed by atoms with Crippen LogP contribution >= 0.6 is 0 Å². The molecule has 1 aromatic carbocycles. The summed E-state index contributed by atoms with van der Waals surface area (Å²) in [7, 11) is 5.47. The Balaban J connectivity index is 1.77. The van der Waals surface area contributed by atoms with Gasteiger partial charge in [0, 0.05) is 59.4 Å². The van der Waals surface area contributed by atoms with Gasteiger partial charge in [0.25, 0.3) is 5.91 Å². The molecule has 7 heteroatoms. The molecule has 0 atom stereocenters. The molecule has 0 unspecified atom stereocenters. The number of aryl methyl sites for hydroxylation is 1. The van der Waals surface area contributed by atoms with Crippen molar-refractivity contribution in [3.8, 4) is 0 Å². The highest BCUT2D eigenvalue weighted by molar-refractivity contribution is 5.87. The lowest BCUT2D eigenvalue weighted by Crippen LogP contribution is -2.56. The third-order valence-corrected chi connectivity index (χ3v) is 4.51. The third-order valence-electron chi connectivity index (χ3n) is 4.51. The number of carbonyl (C=O) groups is 2. The van der Waals surface area contributed by atoms with E-state index in [0.717, 1.165) is 11.3 Å². The summed E-state index contributed by atoms with van der Waals surface area (Å²) in [5.74, 6) is -0.565. The predicted molar refractivity (Wildman–Crippen MR) is 95.2 cm³/mol. The molecule has 2 rings (SSSR count). The number of anilines is 1. The Labute approximate surface area is 148 Å². The minimum Gasteiger partial charge on any atom is -0.381 e. The van der Waals surface area contributed by atoms with Gasteiger partial charge in [-0.05, 0) is 24.1 Å². The highest BCUT2D eigenvalue weighted by atomic mass is 16.5. The second-order valence-electron chi connectivity index (χ2n) is 6.37. The molecule has 1 aliphatic rings. The van der Waals surface area contributed by atoms with Crippen molar-refractivity contribution in [3.63, 3.8) is 0 Å². The molecular formula is C18H27N3O4. The molecule has 138 valence electrons. The molecule has 7 nitrogen and oxygen atoms in total. The van der Waals surface area contributed by atoms with Crippen LogP contribution in [0.5, 0.6) is 0 Å². The van der Waals surface area contributed by atoms with Crippen LogP contribution in [0.1, 0.15) is 24.8 Å². The maximum Gasteiger partial charge on any atom is 0.270 e. The largest absolute Gasteiger partial charge is 0.381 e. The third kappa shape index (κ3) is 5.17. The molecule has 0 spiro atoms. The van der Waals surface area contributed by atoms with E-state index in [1.807, 2.05) is 43.3 Å². The molecule has 0 radical (unpaired) electrons. The number of hydrogen-bond acceptors (Lipinski definition) is 5. The second-order valence-corrected chi connectivity index (χ2v) is 6.37. The van der Waals surface area contributed by atoms with Crippen molar-refractivity contribution in [2.24, 2.45) is 0 Å². The van der Waals surface area contributed by atoms with Gasteiger partial charge in [0.05, 0.1) is 0 Å². The number of rotatable bonds is 6. The average molecular weight is 349 g/mol. The van der Waals surface area contributed by atoms with Crippen molar-refractivity contribution in [1.82, 2.24) is 10.9 Å². The lowest BCUT2D eigenvalue weighted by molar-refractivity contribution is -0.157. The number of nitrogens with zero attached hydrogens (tertiary/aromatic N) is 1. The highest BCUT2D eigenvalue weighted by Gasteiger charge is 2.40. The van der Waals surface area contributed by atoms with Crippen molar-refractivity contribution < 1.29 is 19.1 Å². The number of benzene rings is 1. The SMILES string of the molecule is COC1(C(=O)NNC(=O)CCc2ccc(N(C)C)cc2)CCOCC1. The Morgan fingerprint density at radius 3 is 2.36 bits per heavy atom. The van der Waals surface area contributed by atoms with Gasteiger partial charge in [0.1, 0.15) is 0 Å². The van der Waals surface area contributed by atoms with Crippen molar-refractivity contribution in [2.45, 2.75) is 31.3 Å². The molecule has 0 aliphatic carbocycles. The van der Waals surface area contributed by atoms with Crippen LogP contribution in [0.3, 0.4) is 0 Å². The van der Waals surface area contributed by atoms with E-state index in [1.54, 1.807) is 0 Å². The lowest BCUT2D eigenvalue weighted by atomic mass is 9.93. The molecule has 0 aromatic heterocycles. The van der Waals surface area contributed by atoms with E-state index in [-0.39, 0.29) is 11.8 Å². The molecule has 1 heterocycles. The van der Waals surface area contributed by atoms with Gasteiger partial charge in [0.15, 0.2) is 5.60 Å². The van der Waals surface area contributed by atoms with Crippen LogP contribution in [0.15, 0.2) is 24.3 Å². The monoisotopic (exact) mass is 349 g/mol. The van der Waals surface area contributed by atoms with E-state index in [9.17, 15) is 9.59 Å². The molecule has 1 fully saturated rings. The Hall–Kier alpha value is -2.12. The Kier molecular flexibility index (Phi) is 6.78. The highest BCUT2D eigenvalue weighted by Crippen LogP contribution is 2.24. The van der Waals surface area contributed by atoms with Crippen LogP contribution < -0.4 is 15.8 Å². The zero-order valence-electron chi connectivity index (χ0n) is 15.1. The summed E-state index contributed by atoms with van der Waals surface area (Å²) in [4.78, 5) is 26.3. The normalized spacial score (nSPS) is 16.1. The summed E-state index contributed by atoms with van der Waals surface area (Å²) in [6, 6.07) is 8.04. The van der Waals surface area contributed by atoms with Gasteiger partial charge < -0.3 is 14.4 Å². The predicted octanol–water partition coefficient (Wildman–Crippen LogP) is 1.03. The van der Waals surface area contributed by atoms with Gasteiger partial charge in [-0.3, -0.25) is 20.4 Å². The van der Waals surface area contributed by atoms with Gasteiger partial charge in [-0.15, -0.1) is 0 Å². The fraction of sp³-hybridized carbons (Fsp3) is 0.556. The van der Waals surface area contributed by atoms with E-state index in [2.05, 4.69) is 10.9 Å². The zero-order valence-corrected chi connectivity index (χ0v) is 15.1. The number of methoxy groups -OCH3 is 1. The molecule has 0 saturated carbocycles. The fourth-order valence-electron chi connectivity index (χ4n) is 2.75. The van der Waals surface area contributed by atoms with E-state index in [0.29, 0.717) is 38.9 Å². The van der Waals surface area contributed by atoms with Crippen LogP contribution in [0, 0.1) is 0 Å². The van der Waals surface area contributed by atoms with Crippen LogP contribution in [0.4, 0.5) is 5.69 Å². The Morgan fingerprint density at radius 1 is 1.16 bits per heavy atom. The summed E-state index contributed by atoms with van der Waals surface area (Å²) in [6.45, 7) is 0.941. The summed E-state index contributed by atoms with van der Waals surface area (Å²) in [5.41, 5.74) is 6.21. The average Bonchev–Trinajstić information content (AvgIpc) is 2.65. The molecule has 2 amide bonds. The Morgan fingerprint density at radius 2 is 1.80 bits per heavy atom. The van der Waals surface area contributed by atoms with E-state index < -0.39 is 5.60 Å². The number of amides is 2. The first kappa shape index (κ1) is 19.2. The molecule has 1 aromatic rings. The molecule has 25 heavy (non-hydrogen) atoms. The molecular weight excluding hydrogens is 322 g/mol. The Bertz CT molecular complexity index is 580. The van der Waals surface area contributed by atoms with Gasteiger partial charge in [-0.2, -0.15) is 0 Å². The molecule has 1 aliphatic heterocycles. The first-order chi connectivity index (χ1) is 12.0. The first-order valence-corrected chi connectivity index (χ1v) is 8.45. The standard InChI is InChI=1S/C18H27N3O4/c1-21(2)15-7-4-14(5-8-15)6-9-16(22)19-20-17(23)18(24-3)10-12-25-13-11-18/h4-5,7-8H,6,9-13H2,1-3H3,(H,19,22)(H,20,23). The van der Waals surface area contributed by atoms with Gasteiger partial charge in [0.2, 0.25) is 5.91 Å². The molecule has 0 bridgehead atoms. The summed E-state index contributed by atoms with van der Waals surface area (Å²) in [6.07, 6.45) is 1.86. The van der Waals surface area contributed by atoms with Crippen molar-refractivity contribution in [2.75, 3.05) is 39.3 Å². The van der Waals surface area contributed by atoms with Crippen molar-refractivity contribution in [3.05, 3.63) is 29.8 Å². The first-order valence-electron chi connectivity index (χ1n) is 8.45. The minimum absolute atomic E-state index is 0.233. The summed E-state index contributed by atoms with van der Waals surface area (Å²) >= 11 is 0. The van der Waals surface area contributed by atoms with Gasteiger partial charge >= 0.3 is 0 Å². The maximum absolute atomic E-state index is 12.3. The second kappa shape index (κ2) is 8.82. The number of carbonyl (C=O) groups excluding carboxylic acids is 2. The van der Waals surface area contributed by atoms with E-state index in [1.165, 1.54) is 7.11 Å². The lowest BCUT2D eigenvalue weighted by Gasteiger charge is -2.34. The maximum atomic E-state index is 12.3. The number of ether oxygens (including phenoxy) is 2. The quantitative estimate of drug-likeness (QED) is 0.750. The number of hydrogen-bond donors (Lipinski definition) is 2. The van der Waals surface area contributed by atoms with Crippen molar-refractivity contribution >= 4 is 17.5 Å². The summed E-state index contributed by atoms with van der Waals surface area (Å²) < 4.78 is 10.6. The smallest absolute Gasteiger partial charge is 0.270 e. The fourth-order valence-corrected chi connectivity index (χ4v) is 2.75. The van der Waals surface area contributed by atoms with Crippen molar-refractivity contribution in [1.29, 1.82) is 0 Å². The van der Waals surface area contributed by atoms with E-state index in [4.69, 9.17) is 9.47 Å². The van der Waals surface area contributed by atoms with Crippen LogP contribution in [0.25, 0.3) is 0 Å². The number of hydrazine groups is 1. The minimum atomic E-state index is -0.923. The van der Waals surface area contributed by atoms with Crippen LogP contribution in [-0.4, -0.2) is 51.8 Å². The van der Waals surface area contributed by atoms with Gasteiger partial charge in [-0.25, -0.2) is 0 Å². The zero-order chi connectivity index (χ0) is 18.3. The number of nitrogens with one attached hydrogen (secondary N) is 2. The molecule has 2 N–H and O–H groups in total. The topological polar surface area (TPSA) is 79.9 Å². The summed E-state index contributed by atoms with van der Waals surface area (Å²) in [5, 5.41) is 0.